The lowest BCUT2D eigenvalue weighted by Gasteiger charge is -2.24. The molecule has 2 aromatic heterocycles. The van der Waals surface area contributed by atoms with Crippen LogP contribution in [0.5, 0.6) is 0 Å². The van der Waals surface area contributed by atoms with Crippen molar-refractivity contribution >= 4 is 34.4 Å². The summed E-state index contributed by atoms with van der Waals surface area (Å²) < 4.78 is 0. The maximum Gasteiger partial charge on any atom is 0.158 e. The molecule has 0 fully saturated rings. The minimum atomic E-state index is 0.503. The van der Waals surface area contributed by atoms with E-state index in [1.165, 1.54) is 33.9 Å². The van der Waals surface area contributed by atoms with Gasteiger partial charge in [0.05, 0.1) is 24.7 Å². The van der Waals surface area contributed by atoms with Gasteiger partial charge in [-0.1, -0.05) is 52.0 Å². The van der Waals surface area contributed by atoms with Gasteiger partial charge >= 0.3 is 0 Å². The molecule has 0 radical (unpaired) electrons. The first kappa shape index (κ1) is 26.2. The lowest BCUT2D eigenvalue weighted by molar-refractivity contribution is 0.678. The predicted octanol–water partition coefficient (Wildman–Crippen LogP) is 8.04. The van der Waals surface area contributed by atoms with Crippen molar-refractivity contribution in [3.05, 3.63) is 96.3 Å². The van der Waals surface area contributed by atoms with E-state index in [-0.39, 0.29) is 0 Å². The van der Waals surface area contributed by atoms with Gasteiger partial charge in [-0.15, -0.1) is 0 Å². The van der Waals surface area contributed by atoms with Crippen molar-refractivity contribution in [3.63, 3.8) is 0 Å². The zero-order valence-electron chi connectivity index (χ0n) is 24.2. The van der Waals surface area contributed by atoms with E-state index in [2.05, 4.69) is 120 Å². The summed E-state index contributed by atoms with van der Waals surface area (Å²) in [5, 5.41) is 0. The monoisotopic (exact) mass is 532 g/mol. The molecule has 0 aliphatic carbocycles. The highest BCUT2D eigenvalue weighted by molar-refractivity contribution is 5.80. The van der Waals surface area contributed by atoms with Crippen molar-refractivity contribution in [1.82, 2.24) is 9.97 Å². The highest BCUT2D eigenvalue weighted by Gasteiger charge is 2.30. The fourth-order valence-electron chi connectivity index (χ4n) is 5.81. The fraction of sp³-hybridized carbons (Fsp3) is 0.353. The van der Waals surface area contributed by atoms with Crippen LogP contribution in [0.1, 0.15) is 63.5 Å². The van der Waals surface area contributed by atoms with Crippen molar-refractivity contribution in [2.24, 2.45) is 0 Å². The van der Waals surface area contributed by atoms with Crippen molar-refractivity contribution in [3.8, 4) is 0 Å². The number of benzene rings is 2. The molecular weight excluding hydrogens is 492 g/mol. The third-order valence-corrected chi connectivity index (χ3v) is 8.15. The summed E-state index contributed by atoms with van der Waals surface area (Å²) >= 11 is 0. The van der Waals surface area contributed by atoms with Crippen molar-refractivity contribution in [2.45, 2.75) is 52.4 Å². The lowest BCUT2D eigenvalue weighted by atomic mass is 10.0. The van der Waals surface area contributed by atoms with Crippen LogP contribution in [0, 0.1) is 0 Å². The lowest BCUT2D eigenvalue weighted by Crippen LogP contribution is -2.31. The van der Waals surface area contributed by atoms with E-state index in [1.807, 2.05) is 12.4 Å². The molecule has 0 saturated carbocycles. The maximum absolute atomic E-state index is 4.78. The van der Waals surface area contributed by atoms with Gasteiger partial charge < -0.3 is 19.6 Å². The van der Waals surface area contributed by atoms with E-state index in [4.69, 9.17) is 9.97 Å². The largest absolute Gasteiger partial charge is 0.350 e. The third-order valence-electron chi connectivity index (χ3n) is 8.15. The van der Waals surface area contributed by atoms with Crippen LogP contribution < -0.4 is 19.6 Å². The molecular formula is C34H40N6. The van der Waals surface area contributed by atoms with Gasteiger partial charge in [0.25, 0.3) is 0 Å². The number of aromatic nitrogens is 2. The van der Waals surface area contributed by atoms with E-state index in [0.717, 1.165) is 50.9 Å². The molecule has 0 atom stereocenters. The molecule has 0 unspecified atom stereocenters. The highest BCUT2D eigenvalue weighted by Crippen LogP contribution is 2.41. The molecule has 0 amide bonds. The SMILES string of the molecule is CC(C)c1cccc(N2CN(CCCCN3CN(c4cccc(C(C)C)c4)c4ncccc43)c3cccnc32)c1. The topological polar surface area (TPSA) is 38.7 Å². The van der Waals surface area contributed by atoms with Crippen LogP contribution in [0.4, 0.5) is 34.4 Å². The Morgan fingerprint density at radius 3 is 1.48 bits per heavy atom. The number of rotatable bonds is 9. The van der Waals surface area contributed by atoms with Crippen LogP contribution in [0.2, 0.25) is 0 Å². The van der Waals surface area contributed by atoms with Gasteiger partial charge in [-0.2, -0.15) is 0 Å². The van der Waals surface area contributed by atoms with Gasteiger partial charge in [0.15, 0.2) is 11.6 Å². The Kier molecular flexibility index (Phi) is 7.33. The predicted molar refractivity (Wildman–Crippen MR) is 167 cm³/mol. The van der Waals surface area contributed by atoms with E-state index in [1.54, 1.807) is 0 Å². The second-order valence-corrected chi connectivity index (χ2v) is 11.6. The number of anilines is 6. The maximum atomic E-state index is 4.78. The normalized spacial score (nSPS) is 14.4. The molecule has 0 spiro atoms. The molecule has 2 aliphatic rings. The number of fused-ring (bicyclic) bond motifs is 2. The number of pyridine rings is 2. The van der Waals surface area contributed by atoms with Crippen molar-refractivity contribution in [2.75, 3.05) is 46.0 Å². The summed E-state index contributed by atoms with van der Waals surface area (Å²) in [6.07, 6.45) is 6.04. The smallest absolute Gasteiger partial charge is 0.158 e. The van der Waals surface area contributed by atoms with Crippen LogP contribution >= 0.6 is 0 Å². The van der Waals surface area contributed by atoms with Gasteiger partial charge in [-0.05, 0) is 84.3 Å². The molecule has 0 bridgehead atoms. The van der Waals surface area contributed by atoms with Crippen LogP contribution in [0.25, 0.3) is 0 Å². The second kappa shape index (κ2) is 11.2. The van der Waals surface area contributed by atoms with Crippen LogP contribution in [0.15, 0.2) is 85.2 Å². The summed E-state index contributed by atoms with van der Waals surface area (Å²) in [6, 6.07) is 26.3. The first-order valence-corrected chi connectivity index (χ1v) is 14.6. The van der Waals surface area contributed by atoms with Crippen molar-refractivity contribution in [1.29, 1.82) is 0 Å². The van der Waals surface area contributed by atoms with Gasteiger partial charge in [0.1, 0.15) is 0 Å². The minimum absolute atomic E-state index is 0.503. The molecule has 0 N–H and O–H groups in total. The Hall–Kier alpha value is -4.06. The Labute approximate surface area is 238 Å². The van der Waals surface area contributed by atoms with Gasteiger partial charge in [-0.25, -0.2) is 9.97 Å². The molecule has 40 heavy (non-hydrogen) atoms. The summed E-state index contributed by atoms with van der Waals surface area (Å²) in [4.78, 5) is 19.2. The first-order valence-electron chi connectivity index (χ1n) is 14.6. The van der Waals surface area contributed by atoms with E-state index in [9.17, 15) is 0 Å². The molecule has 206 valence electrons. The first-order chi connectivity index (χ1) is 19.5. The summed E-state index contributed by atoms with van der Waals surface area (Å²) in [7, 11) is 0. The van der Waals surface area contributed by atoms with E-state index < -0.39 is 0 Å². The fourth-order valence-corrected chi connectivity index (χ4v) is 5.81. The van der Waals surface area contributed by atoms with Gasteiger partial charge in [0, 0.05) is 36.9 Å². The number of nitrogens with zero attached hydrogens (tertiary/aromatic N) is 6. The summed E-state index contributed by atoms with van der Waals surface area (Å²) in [5.74, 6) is 3.12. The average molecular weight is 533 g/mol. The number of unbranched alkanes of at least 4 members (excludes halogenated alkanes) is 1. The minimum Gasteiger partial charge on any atom is -0.350 e. The Morgan fingerprint density at radius 2 is 1.05 bits per heavy atom. The second-order valence-electron chi connectivity index (χ2n) is 11.6. The molecule has 6 heteroatoms. The standard InChI is InChI=1S/C34H40N6/c1-25(2)27-11-7-13-29(21-27)39-23-37(31-15-9-17-35-33(31)39)19-5-6-20-38-24-40(34-32(38)16-10-18-36-34)30-14-8-12-28(22-30)26(3)4/h7-18,21-22,25-26H,5-6,19-20,23-24H2,1-4H3. The number of hydrogen-bond donors (Lipinski definition) is 0. The number of hydrogen-bond acceptors (Lipinski definition) is 6. The molecule has 6 nitrogen and oxygen atoms in total. The zero-order valence-corrected chi connectivity index (χ0v) is 24.2. The molecule has 4 aromatic rings. The zero-order chi connectivity index (χ0) is 27.6. The summed E-state index contributed by atoms with van der Waals surface area (Å²) in [6.45, 7) is 12.7. The third kappa shape index (κ3) is 5.10. The Balaban J connectivity index is 1.11. The van der Waals surface area contributed by atoms with Crippen molar-refractivity contribution < 1.29 is 0 Å². The Morgan fingerprint density at radius 1 is 0.600 bits per heavy atom. The molecule has 2 aromatic carbocycles. The average Bonchev–Trinajstić information content (AvgIpc) is 3.54. The van der Waals surface area contributed by atoms with E-state index >= 15 is 0 Å². The molecule has 2 aliphatic heterocycles. The highest BCUT2D eigenvalue weighted by atomic mass is 15.4. The van der Waals surface area contributed by atoms with E-state index in [0.29, 0.717) is 11.8 Å². The molecule has 6 rings (SSSR count). The van der Waals surface area contributed by atoms with Gasteiger partial charge in [-0.3, -0.25) is 0 Å². The van der Waals surface area contributed by atoms with Crippen LogP contribution in [0.3, 0.4) is 0 Å². The summed E-state index contributed by atoms with van der Waals surface area (Å²) in [5.41, 5.74) is 7.61. The molecule has 0 saturated heterocycles. The van der Waals surface area contributed by atoms with Crippen LogP contribution in [-0.4, -0.2) is 36.4 Å². The molecule has 4 heterocycles. The van der Waals surface area contributed by atoms with Gasteiger partial charge in [0.2, 0.25) is 0 Å². The Bertz CT molecular complexity index is 1350. The van der Waals surface area contributed by atoms with Crippen LogP contribution in [-0.2, 0) is 0 Å². The quantitative estimate of drug-likeness (QED) is 0.203.